The highest BCUT2D eigenvalue weighted by molar-refractivity contribution is 7.85. The number of hydrogen-bond acceptors (Lipinski definition) is 2. The Morgan fingerprint density at radius 2 is 1.73 bits per heavy atom. The number of aryl methyl sites for hydroxylation is 1. The normalized spacial score (nSPS) is 11.9. The van der Waals surface area contributed by atoms with E-state index in [4.69, 9.17) is 11.6 Å². The predicted octanol–water partition coefficient (Wildman–Crippen LogP) is 3.20. The molecule has 2 aromatic rings. The van der Waals surface area contributed by atoms with Crippen molar-refractivity contribution in [1.29, 1.82) is 0 Å². The summed E-state index contributed by atoms with van der Waals surface area (Å²) in [5, 5.41) is 3.48. The number of carbonyl (C=O) groups is 1. The van der Waals surface area contributed by atoms with Gasteiger partial charge in [-0.2, -0.15) is 0 Å². The van der Waals surface area contributed by atoms with Crippen LogP contribution in [0.5, 0.6) is 0 Å². The highest BCUT2D eigenvalue weighted by Gasteiger charge is 2.06. The molecule has 0 unspecified atom stereocenters. The second-order valence-electron chi connectivity index (χ2n) is 4.80. The first kappa shape index (κ1) is 16.7. The average Bonchev–Trinajstić information content (AvgIpc) is 2.55. The molecule has 2 rings (SSSR count). The predicted molar refractivity (Wildman–Crippen MR) is 90.5 cm³/mol. The molecule has 0 radical (unpaired) electrons. The first-order chi connectivity index (χ1) is 10.7. The van der Waals surface area contributed by atoms with Gasteiger partial charge >= 0.3 is 0 Å². The van der Waals surface area contributed by atoms with Crippen molar-refractivity contribution in [2.75, 3.05) is 12.3 Å². The zero-order valence-electron chi connectivity index (χ0n) is 12.1. The van der Waals surface area contributed by atoms with Gasteiger partial charge in [0.05, 0.1) is 10.8 Å². The van der Waals surface area contributed by atoms with Gasteiger partial charge in [-0.05, 0) is 30.2 Å². The fourth-order valence-corrected chi connectivity index (χ4v) is 3.23. The molecule has 0 aliphatic heterocycles. The molecule has 1 N–H and O–H groups in total. The van der Waals surface area contributed by atoms with E-state index < -0.39 is 10.8 Å². The van der Waals surface area contributed by atoms with E-state index in [0.29, 0.717) is 30.2 Å². The topological polar surface area (TPSA) is 46.2 Å². The summed E-state index contributed by atoms with van der Waals surface area (Å²) in [6.07, 6.45) is 0.981. The summed E-state index contributed by atoms with van der Waals surface area (Å²) < 4.78 is 12.0. The lowest BCUT2D eigenvalue weighted by molar-refractivity contribution is -0.120. The molecule has 116 valence electrons. The highest BCUT2D eigenvalue weighted by atomic mass is 35.5. The van der Waals surface area contributed by atoms with Crippen LogP contribution >= 0.6 is 11.6 Å². The third-order valence-corrected chi connectivity index (χ3v) is 4.94. The van der Waals surface area contributed by atoms with Crippen molar-refractivity contribution in [3.8, 4) is 0 Å². The minimum atomic E-state index is -1.08. The van der Waals surface area contributed by atoms with Crippen molar-refractivity contribution in [3.05, 3.63) is 65.2 Å². The fourth-order valence-electron chi connectivity index (χ4n) is 2.01. The van der Waals surface area contributed by atoms with Gasteiger partial charge in [-0.15, -0.1) is 0 Å². The van der Waals surface area contributed by atoms with Crippen LogP contribution in [0.2, 0.25) is 5.02 Å². The van der Waals surface area contributed by atoms with E-state index in [1.165, 1.54) is 0 Å². The zero-order chi connectivity index (χ0) is 15.8. The van der Waals surface area contributed by atoms with Crippen molar-refractivity contribution in [3.63, 3.8) is 0 Å². The number of nitrogens with one attached hydrogen (secondary N) is 1. The van der Waals surface area contributed by atoms with Gasteiger partial charge in [-0.3, -0.25) is 9.00 Å². The van der Waals surface area contributed by atoms with E-state index in [-0.39, 0.29) is 5.91 Å². The maximum atomic E-state index is 12.0. The third-order valence-electron chi connectivity index (χ3n) is 3.19. The van der Waals surface area contributed by atoms with Crippen LogP contribution in [0.4, 0.5) is 0 Å². The van der Waals surface area contributed by atoms with Gasteiger partial charge in [0.25, 0.3) is 0 Å². The van der Waals surface area contributed by atoms with Crippen LogP contribution in [0.3, 0.4) is 0 Å². The molecule has 0 aliphatic carbocycles. The quantitative estimate of drug-likeness (QED) is 0.844. The maximum Gasteiger partial charge on any atom is 0.220 e. The molecule has 3 nitrogen and oxygen atoms in total. The molecule has 1 amide bonds. The van der Waals surface area contributed by atoms with Gasteiger partial charge in [0.2, 0.25) is 5.91 Å². The Balaban J connectivity index is 1.70. The maximum absolute atomic E-state index is 12.0. The third kappa shape index (κ3) is 5.28. The molecule has 0 bridgehead atoms. The number of halogens is 1. The summed E-state index contributed by atoms with van der Waals surface area (Å²) in [5.74, 6) is 0.368. The molecule has 0 spiro atoms. The van der Waals surface area contributed by atoms with E-state index >= 15 is 0 Å². The van der Waals surface area contributed by atoms with E-state index in [2.05, 4.69) is 5.32 Å². The van der Waals surface area contributed by atoms with Crippen molar-refractivity contribution in [2.24, 2.45) is 0 Å². The van der Waals surface area contributed by atoms with Gasteiger partial charge in [0, 0.05) is 28.6 Å². The summed E-state index contributed by atoms with van der Waals surface area (Å²) >= 11 is 6.05. The fraction of sp³-hybridized carbons (Fsp3) is 0.235. The summed E-state index contributed by atoms with van der Waals surface area (Å²) in [6, 6.07) is 16.8. The number of hydrogen-bond donors (Lipinski definition) is 1. The number of amides is 1. The molecule has 0 saturated heterocycles. The summed E-state index contributed by atoms with van der Waals surface area (Å²) in [7, 11) is -1.08. The van der Waals surface area contributed by atoms with Gasteiger partial charge in [0.15, 0.2) is 0 Å². The van der Waals surface area contributed by atoms with Crippen LogP contribution in [0, 0.1) is 0 Å². The zero-order valence-corrected chi connectivity index (χ0v) is 13.7. The molecule has 2 aromatic carbocycles. The summed E-state index contributed by atoms with van der Waals surface area (Å²) in [4.78, 5) is 12.6. The molecular formula is C17H18ClNO2S. The number of benzene rings is 2. The van der Waals surface area contributed by atoms with Crippen molar-refractivity contribution >= 4 is 28.3 Å². The molecule has 0 saturated carbocycles. The lowest BCUT2D eigenvalue weighted by Gasteiger charge is -2.06. The standard InChI is InChI=1S/C17H18ClNO2S/c18-16-9-5-4-6-14(16)10-11-17(20)19-12-13-22(21)15-7-2-1-3-8-15/h1-9H,10-13H2,(H,19,20)/t22-/m1/s1. The first-order valence-electron chi connectivity index (χ1n) is 7.10. The molecule has 0 heterocycles. The van der Waals surface area contributed by atoms with Crippen molar-refractivity contribution in [1.82, 2.24) is 5.32 Å². The summed E-state index contributed by atoms with van der Waals surface area (Å²) in [5.41, 5.74) is 0.965. The molecule has 1 atom stereocenters. The lowest BCUT2D eigenvalue weighted by Crippen LogP contribution is -2.27. The van der Waals surface area contributed by atoms with E-state index in [9.17, 15) is 9.00 Å². The Bertz CT molecular complexity index is 646. The monoisotopic (exact) mass is 335 g/mol. The van der Waals surface area contributed by atoms with Crippen LogP contribution in [0.1, 0.15) is 12.0 Å². The minimum Gasteiger partial charge on any atom is -0.355 e. The van der Waals surface area contributed by atoms with Crippen molar-refractivity contribution < 1.29 is 9.00 Å². The Kier molecular flexibility index (Phi) is 6.62. The minimum absolute atomic E-state index is 0.0509. The second-order valence-corrected chi connectivity index (χ2v) is 6.78. The summed E-state index contributed by atoms with van der Waals surface area (Å²) in [6.45, 7) is 0.406. The average molecular weight is 336 g/mol. The molecule has 22 heavy (non-hydrogen) atoms. The van der Waals surface area contributed by atoms with E-state index in [1.54, 1.807) is 0 Å². The number of rotatable bonds is 7. The van der Waals surface area contributed by atoms with Gasteiger partial charge in [-0.1, -0.05) is 48.0 Å². The molecule has 5 heteroatoms. The first-order valence-corrected chi connectivity index (χ1v) is 8.80. The van der Waals surface area contributed by atoms with Crippen LogP contribution in [-0.4, -0.2) is 22.4 Å². The Labute approximate surface area is 138 Å². The Morgan fingerprint density at radius 1 is 1.05 bits per heavy atom. The smallest absolute Gasteiger partial charge is 0.220 e. The molecule has 0 aliphatic rings. The van der Waals surface area contributed by atoms with Crippen molar-refractivity contribution in [2.45, 2.75) is 17.7 Å². The molecular weight excluding hydrogens is 318 g/mol. The SMILES string of the molecule is O=C(CCc1ccccc1Cl)NCC[S@@](=O)c1ccccc1. The van der Waals surface area contributed by atoms with E-state index in [1.807, 2.05) is 54.6 Å². The van der Waals surface area contributed by atoms with Crippen LogP contribution in [0.25, 0.3) is 0 Å². The van der Waals surface area contributed by atoms with Gasteiger partial charge < -0.3 is 5.32 Å². The lowest BCUT2D eigenvalue weighted by atomic mass is 10.1. The van der Waals surface area contributed by atoms with Crippen LogP contribution in [-0.2, 0) is 22.0 Å². The number of carbonyl (C=O) groups excluding carboxylic acids is 1. The molecule has 0 aromatic heterocycles. The van der Waals surface area contributed by atoms with Gasteiger partial charge in [-0.25, -0.2) is 0 Å². The molecule has 0 fully saturated rings. The van der Waals surface area contributed by atoms with Crippen LogP contribution in [0.15, 0.2) is 59.5 Å². The second kappa shape index (κ2) is 8.71. The van der Waals surface area contributed by atoms with Crippen LogP contribution < -0.4 is 5.32 Å². The van der Waals surface area contributed by atoms with E-state index in [0.717, 1.165) is 10.5 Å². The highest BCUT2D eigenvalue weighted by Crippen LogP contribution is 2.16. The Hall–Kier alpha value is -1.65. The largest absolute Gasteiger partial charge is 0.355 e. The Morgan fingerprint density at radius 3 is 2.45 bits per heavy atom. The van der Waals surface area contributed by atoms with Gasteiger partial charge in [0.1, 0.15) is 0 Å².